The predicted octanol–water partition coefficient (Wildman–Crippen LogP) is -0.456. The van der Waals surface area contributed by atoms with Crippen molar-refractivity contribution >= 4 is 5.91 Å². The molecular weight excluding hydrogens is 172 g/mol. The van der Waals surface area contributed by atoms with E-state index in [0.29, 0.717) is 19.4 Å². The molecule has 78 valence electrons. The van der Waals surface area contributed by atoms with Crippen molar-refractivity contribution < 1.29 is 14.7 Å². The third-order valence-corrected chi connectivity index (χ3v) is 2.03. The number of primary amides is 1. The Morgan fingerprint density at radius 2 is 2.08 bits per heavy atom. The van der Waals surface area contributed by atoms with E-state index in [-0.39, 0.29) is 6.61 Å². The summed E-state index contributed by atoms with van der Waals surface area (Å²) in [6, 6.07) is 0. The number of rotatable bonds is 7. The molecule has 0 unspecified atom stereocenters. The Balaban J connectivity index is 3.55. The Kier molecular flexibility index (Phi) is 5.61. The van der Waals surface area contributed by atoms with Gasteiger partial charge in [0.1, 0.15) is 6.61 Å². The largest absolute Gasteiger partial charge is 0.388 e. The Morgan fingerprint density at radius 3 is 2.46 bits per heavy atom. The molecule has 5 nitrogen and oxygen atoms in total. The van der Waals surface area contributed by atoms with Gasteiger partial charge in [-0.2, -0.15) is 5.48 Å². The quantitative estimate of drug-likeness (QED) is 0.375. The molecule has 0 saturated heterocycles. The predicted molar refractivity (Wildman–Crippen MR) is 48.7 cm³/mol. The number of nitrogens with two attached hydrogens (primary N) is 1. The smallest absolute Gasteiger partial charge is 0.245 e. The van der Waals surface area contributed by atoms with Crippen molar-refractivity contribution in [3.8, 4) is 0 Å². The zero-order chi connectivity index (χ0) is 10.3. The molecule has 0 heterocycles. The Bertz CT molecular complexity index is 157. The van der Waals surface area contributed by atoms with Crippen molar-refractivity contribution in [2.45, 2.75) is 32.3 Å². The van der Waals surface area contributed by atoms with E-state index in [4.69, 9.17) is 10.6 Å². The molecule has 5 heteroatoms. The SMILES string of the molecule is CCC(O)(CC)CNOCC(N)=O. The molecule has 0 atom stereocenters. The first-order valence-electron chi connectivity index (χ1n) is 4.39. The minimum Gasteiger partial charge on any atom is -0.388 e. The second kappa shape index (κ2) is 5.90. The van der Waals surface area contributed by atoms with Crippen LogP contribution in [0.2, 0.25) is 0 Å². The molecule has 0 aliphatic heterocycles. The van der Waals surface area contributed by atoms with Gasteiger partial charge in [0.2, 0.25) is 5.91 Å². The van der Waals surface area contributed by atoms with Gasteiger partial charge in [-0.3, -0.25) is 9.63 Å². The first-order valence-corrected chi connectivity index (χ1v) is 4.39. The lowest BCUT2D eigenvalue weighted by Crippen LogP contribution is -2.40. The molecule has 0 aliphatic carbocycles. The lowest BCUT2D eigenvalue weighted by molar-refractivity contribution is -0.126. The minimum absolute atomic E-state index is 0.177. The van der Waals surface area contributed by atoms with Gasteiger partial charge in [-0.05, 0) is 12.8 Å². The number of amides is 1. The molecule has 4 N–H and O–H groups in total. The number of hydrogen-bond donors (Lipinski definition) is 3. The van der Waals surface area contributed by atoms with E-state index in [9.17, 15) is 9.90 Å². The lowest BCUT2D eigenvalue weighted by atomic mass is 9.98. The van der Waals surface area contributed by atoms with Crippen molar-refractivity contribution in [1.29, 1.82) is 0 Å². The maximum Gasteiger partial charge on any atom is 0.245 e. The van der Waals surface area contributed by atoms with Crippen molar-refractivity contribution in [2.75, 3.05) is 13.2 Å². The summed E-state index contributed by atoms with van der Waals surface area (Å²) in [5.41, 5.74) is 6.58. The van der Waals surface area contributed by atoms with Gasteiger partial charge in [-0.25, -0.2) is 0 Å². The van der Waals surface area contributed by atoms with Gasteiger partial charge in [0, 0.05) is 6.54 Å². The third-order valence-electron chi connectivity index (χ3n) is 2.03. The van der Waals surface area contributed by atoms with Gasteiger partial charge in [0.25, 0.3) is 0 Å². The summed E-state index contributed by atoms with van der Waals surface area (Å²) in [7, 11) is 0. The molecule has 13 heavy (non-hydrogen) atoms. The molecule has 0 saturated carbocycles. The molecule has 0 bridgehead atoms. The maximum atomic E-state index is 10.3. The van der Waals surface area contributed by atoms with Crippen LogP contribution < -0.4 is 11.2 Å². The molecule has 1 amide bonds. The van der Waals surface area contributed by atoms with Crippen molar-refractivity contribution in [1.82, 2.24) is 5.48 Å². The van der Waals surface area contributed by atoms with Gasteiger partial charge >= 0.3 is 0 Å². The number of carbonyl (C=O) groups excluding carboxylic acids is 1. The van der Waals surface area contributed by atoms with Crippen molar-refractivity contribution in [3.63, 3.8) is 0 Å². The summed E-state index contributed by atoms with van der Waals surface area (Å²) in [6.45, 7) is 3.90. The molecule has 0 aromatic carbocycles. The summed E-state index contributed by atoms with van der Waals surface area (Å²) in [5, 5.41) is 9.74. The molecule has 0 rings (SSSR count). The van der Waals surface area contributed by atoms with Crippen molar-refractivity contribution in [3.05, 3.63) is 0 Å². The summed E-state index contributed by atoms with van der Waals surface area (Å²) < 4.78 is 0. The zero-order valence-electron chi connectivity index (χ0n) is 8.17. The van der Waals surface area contributed by atoms with E-state index in [1.54, 1.807) is 0 Å². The summed E-state index contributed by atoms with van der Waals surface area (Å²) in [5.74, 6) is -0.538. The highest BCUT2D eigenvalue weighted by atomic mass is 16.6. The van der Waals surface area contributed by atoms with Crippen LogP contribution in [0.1, 0.15) is 26.7 Å². The fourth-order valence-corrected chi connectivity index (χ4v) is 0.808. The highest BCUT2D eigenvalue weighted by Gasteiger charge is 2.21. The van der Waals surface area contributed by atoms with Crippen LogP contribution in [0, 0.1) is 0 Å². The number of hydroxylamine groups is 1. The second-order valence-corrected chi connectivity index (χ2v) is 3.01. The minimum atomic E-state index is -0.766. The number of nitrogens with one attached hydrogen (secondary N) is 1. The van der Waals surface area contributed by atoms with Crippen LogP contribution in [-0.4, -0.2) is 29.8 Å². The van der Waals surface area contributed by atoms with Crippen LogP contribution in [0.25, 0.3) is 0 Å². The topological polar surface area (TPSA) is 84.6 Å². The van der Waals surface area contributed by atoms with Crippen LogP contribution in [0.5, 0.6) is 0 Å². The van der Waals surface area contributed by atoms with Crippen LogP contribution in [0.15, 0.2) is 0 Å². The van der Waals surface area contributed by atoms with Crippen LogP contribution >= 0.6 is 0 Å². The van der Waals surface area contributed by atoms with E-state index in [2.05, 4.69) is 5.48 Å². The first kappa shape index (κ1) is 12.3. The highest BCUT2D eigenvalue weighted by Crippen LogP contribution is 2.12. The fraction of sp³-hybridized carbons (Fsp3) is 0.875. The molecule has 0 aliphatic rings. The normalized spacial score (nSPS) is 11.6. The van der Waals surface area contributed by atoms with Gasteiger partial charge in [-0.15, -0.1) is 0 Å². The maximum absolute atomic E-state index is 10.3. The third kappa shape index (κ3) is 5.57. The number of hydrogen-bond acceptors (Lipinski definition) is 4. The van der Waals surface area contributed by atoms with Gasteiger partial charge in [-0.1, -0.05) is 13.8 Å². The first-order chi connectivity index (χ1) is 6.04. The van der Waals surface area contributed by atoms with Gasteiger partial charge < -0.3 is 10.8 Å². The molecule has 0 fully saturated rings. The summed E-state index contributed by atoms with van der Waals surface area (Å²) in [4.78, 5) is 15.0. The standard InChI is InChI=1S/C8H18N2O3/c1-3-8(12,4-2)6-10-13-5-7(9)11/h10,12H,3-6H2,1-2H3,(H2,9,11). The fourth-order valence-electron chi connectivity index (χ4n) is 0.808. The highest BCUT2D eigenvalue weighted by molar-refractivity contribution is 5.74. The molecule has 0 radical (unpaired) electrons. The summed E-state index contributed by atoms with van der Waals surface area (Å²) in [6.07, 6.45) is 1.27. The molecule has 0 spiro atoms. The Labute approximate surface area is 78.2 Å². The van der Waals surface area contributed by atoms with Gasteiger partial charge in [0.15, 0.2) is 0 Å². The second-order valence-electron chi connectivity index (χ2n) is 3.01. The molecular formula is C8H18N2O3. The molecule has 0 aromatic heterocycles. The zero-order valence-corrected chi connectivity index (χ0v) is 8.17. The van der Waals surface area contributed by atoms with E-state index in [0.717, 1.165) is 0 Å². The van der Waals surface area contributed by atoms with E-state index < -0.39 is 11.5 Å². The average molecular weight is 190 g/mol. The van der Waals surface area contributed by atoms with Crippen LogP contribution in [-0.2, 0) is 9.63 Å². The van der Waals surface area contributed by atoms with E-state index in [1.165, 1.54) is 0 Å². The van der Waals surface area contributed by atoms with E-state index >= 15 is 0 Å². The Hall–Kier alpha value is -0.650. The van der Waals surface area contributed by atoms with Gasteiger partial charge in [0.05, 0.1) is 5.60 Å². The Morgan fingerprint density at radius 1 is 1.54 bits per heavy atom. The monoisotopic (exact) mass is 190 g/mol. The number of aliphatic hydroxyl groups is 1. The van der Waals surface area contributed by atoms with Crippen LogP contribution in [0.3, 0.4) is 0 Å². The summed E-state index contributed by atoms with van der Waals surface area (Å²) >= 11 is 0. The number of carbonyl (C=O) groups is 1. The van der Waals surface area contributed by atoms with Crippen molar-refractivity contribution in [2.24, 2.45) is 5.73 Å². The van der Waals surface area contributed by atoms with Crippen LogP contribution in [0.4, 0.5) is 0 Å². The van der Waals surface area contributed by atoms with E-state index in [1.807, 2.05) is 13.8 Å². The average Bonchev–Trinajstić information content (AvgIpc) is 2.12. The molecule has 0 aromatic rings. The lowest BCUT2D eigenvalue weighted by Gasteiger charge is -2.24.